The molecular formula is C29H32N2O. The van der Waals surface area contributed by atoms with Gasteiger partial charge in [0.2, 0.25) is 5.91 Å². The number of benzene rings is 3. The van der Waals surface area contributed by atoms with Crippen molar-refractivity contribution in [2.45, 2.75) is 37.1 Å². The summed E-state index contributed by atoms with van der Waals surface area (Å²) < 4.78 is 0. The number of rotatable bonds is 4. The zero-order chi connectivity index (χ0) is 22.0. The number of carbonyl (C=O) groups excluding carboxylic acids is 1. The molecule has 0 bridgehead atoms. The Morgan fingerprint density at radius 3 is 2.12 bits per heavy atom. The van der Waals surface area contributed by atoms with E-state index in [1.165, 1.54) is 16.7 Å². The van der Waals surface area contributed by atoms with Crippen molar-refractivity contribution in [3.63, 3.8) is 0 Å². The van der Waals surface area contributed by atoms with E-state index < -0.39 is 0 Å². The molecule has 1 amide bonds. The first kappa shape index (κ1) is 21.0. The van der Waals surface area contributed by atoms with E-state index in [2.05, 4.69) is 102 Å². The average molecular weight is 425 g/mol. The molecule has 3 heteroatoms. The fraction of sp³-hybridized carbons (Fsp3) is 0.345. The third-order valence-corrected chi connectivity index (χ3v) is 7.68. The van der Waals surface area contributed by atoms with Gasteiger partial charge in [0.15, 0.2) is 0 Å². The number of nitrogens with zero attached hydrogens (tertiary/aromatic N) is 1. The van der Waals surface area contributed by atoms with E-state index in [4.69, 9.17) is 0 Å². The van der Waals surface area contributed by atoms with Gasteiger partial charge in [-0.1, -0.05) is 97.9 Å². The Bertz CT molecular complexity index is 1040. The van der Waals surface area contributed by atoms with Crippen LogP contribution >= 0.6 is 0 Å². The second-order valence-electron chi connectivity index (χ2n) is 9.56. The Kier molecular flexibility index (Phi) is 5.84. The minimum atomic E-state index is -0.185. The molecule has 4 atom stereocenters. The zero-order valence-corrected chi connectivity index (χ0v) is 18.8. The van der Waals surface area contributed by atoms with E-state index in [1.54, 1.807) is 0 Å². The van der Waals surface area contributed by atoms with Crippen molar-refractivity contribution in [3.8, 4) is 0 Å². The SMILES string of the molecule is C[C@@]1(c2ccccc2)CNC[C@H]1C(=O)N1CC[C@H](c2ccccc2)C[C@H]1c1ccccc1. The van der Waals surface area contributed by atoms with E-state index in [-0.39, 0.29) is 17.4 Å². The molecule has 3 aromatic rings. The summed E-state index contributed by atoms with van der Waals surface area (Å²) in [5.41, 5.74) is 3.69. The second-order valence-corrected chi connectivity index (χ2v) is 9.56. The number of hydrogen-bond acceptors (Lipinski definition) is 2. The summed E-state index contributed by atoms with van der Waals surface area (Å²) >= 11 is 0. The predicted octanol–water partition coefficient (Wildman–Crippen LogP) is 5.31. The van der Waals surface area contributed by atoms with Crippen LogP contribution in [0.15, 0.2) is 91.0 Å². The lowest BCUT2D eigenvalue weighted by atomic mass is 9.72. The van der Waals surface area contributed by atoms with Crippen LogP contribution in [0.25, 0.3) is 0 Å². The monoisotopic (exact) mass is 424 g/mol. The summed E-state index contributed by atoms with van der Waals surface area (Å²) in [7, 11) is 0. The summed E-state index contributed by atoms with van der Waals surface area (Å²) in [5.74, 6) is 0.721. The Hall–Kier alpha value is -2.91. The quantitative estimate of drug-likeness (QED) is 0.615. The molecule has 0 unspecified atom stereocenters. The van der Waals surface area contributed by atoms with Gasteiger partial charge in [-0.2, -0.15) is 0 Å². The van der Waals surface area contributed by atoms with Gasteiger partial charge in [-0.15, -0.1) is 0 Å². The van der Waals surface area contributed by atoms with Crippen molar-refractivity contribution >= 4 is 5.91 Å². The van der Waals surface area contributed by atoms with Gasteiger partial charge in [-0.25, -0.2) is 0 Å². The first-order valence-corrected chi connectivity index (χ1v) is 11.8. The highest BCUT2D eigenvalue weighted by Crippen LogP contribution is 2.43. The molecule has 5 rings (SSSR count). The third-order valence-electron chi connectivity index (χ3n) is 7.68. The minimum absolute atomic E-state index is 0.0515. The standard InChI is InChI=1S/C29H32N2O/c1-29(25-15-9-4-10-16-25)21-30-20-26(29)28(32)31-18-17-24(22-11-5-2-6-12-22)19-27(31)23-13-7-3-8-14-23/h2-16,24,26-27,30H,17-21H2,1H3/t24-,26-,27-,29-/m0/s1. The molecule has 2 saturated heterocycles. The Morgan fingerprint density at radius 2 is 1.47 bits per heavy atom. The molecule has 2 aliphatic rings. The smallest absolute Gasteiger partial charge is 0.228 e. The largest absolute Gasteiger partial charge is 0.335 e. The van der Waals surface area contributed by atoms with Crippen LogP contribution in [0, 0.1) is 5.92 Å². The van der Waals surface area contributed by atoms with E-state index in [0.29, 0.717) is 11.8 Å². The number of hydrogen-bond donors (Lipinski definition) is 1. The number of amides is 1. The molecular weight excluding hydrogens is 392 g/mol. The lowest BCUT2D eigenvalue weighted by Crippen LogP contribution is -2.48. The maximum Gasteiger partial charge on any atom is 0.228 e. The lowest BCUT2D eigenvalue weighted by Gasteiger charge is -2.43. The van der Waals surface area contributed by atoms with Crippen LogP contribution in [0.1, 0.15) is 48.4 Å². The molecule has 0 radical (unpaired) electrons. The van der Waals surface area contributed by atoms with Crippen molar-refractivity contribution in [2.24, 2.45) is 5.92 Å². The first-order chi connectivity index (χ1) is 15.7. The fourth-order valence-corrected chi connectivity index (χ4v) is 5.76. The zero-order valence-electron chi connectivity index (χ0n) is 18.8. The summed E-state index contributed by atoms with van der Waals surface area (Å²) in [6.07, 6.45) is 1.99. The van der Waals surface area contributed by atoms with E-state index >= 15 is 0 Å². The molecule has 0 saturated carbocycles. The van der Waals surface area contributed by atoms with Gasteiger partial charge in [0.05, 0.1) is 12.0 Å². The van der Waals surface area contributed by atoms with Gasteiger partial charge in [0, 0.05) is 25.0 Å². The van der Waals surface area contributed by atoms with E-state index in [1.807, 2.05) is 6.07 Å². The highest BCUT2D eigenvalue weighted by atomic mass is 16.2. The van der Waals surface area contributed by atoms with E-state index in [9.17, 15) is 4.79 Å². The maximum absolute atomic E-state index is 14.1. The molecule has 2 heterocycles. The van der Waals surface area contributed by atoms with Crippen molar-refractivity contribution in [3.05, 3.63) is 108 Å². The van der Waals surface area contributed by atoms with Gasteiger partial charge in [-0.05, 0) is 35.4 Å². The number of nitrogens with one attached hydrogen (secondary N) is 1. The molecule has 32 heavy (non-hydrogen) atoms. The molecule has 2 fully saturated rings. The number of piperidine rings is 1. The van der Waals surface area contributed by atoms with Gasteiger partial charge in [0.1, 0.15) is 0 Å². The van der Waals surface area contributed by atoms with Crippen LogP contribution in [-0.2, 0) is 10.2 Å². The topological polar surface area (TPSA) is 32.3 Å². The molecule has 1 N–H and O–H groups in total. The molecule has 3 aromatic carbocycles. The third kappa shape index (κ3) is 3.86. The van der Waals surface area contributed by atoms with Crippen LogP contribution in [0.4, 0.5) is 0 Å². The molecule has 164 valence electrons. The molecule has 3 nitrogen and oxygen atoms in total. The van der Waals surface area contributed by atoms with E-state index in [0.717, 1.165) is 32.5 Å². The molecule has 0 aliphatic carbocycles. The summed E-state index contributed by atoms with van der Waals surface area (Å²) in [5, 5.41) is 3.52. The highest BCUT2D eigenvalue weighted by molar-refractivity contribution is 5.82. The predicted molar refractivity (Wildman–Crippen MR) is 129 cm³/mol. The van der Waals surface area contributed by atoms with Crippen LogP contribution in [-0.4, -0.2) is 30.4 Å². The number of carbonyl (C=O) groups is 1. The van der Waals surface area contributed by atoms with Crippen LogP contribution < -0.4 is 5.32 Å². The molecule has 2 aliphatic heterocycles. The van der Waals surface area contributed by atoms with Gasteiger partial charge >= 0.3 is 0 Å². The molecule has 0 spiro atoms. The van der Waals surface area contributed by atoms with Crippen molar-refractivity contribution in [1.82, 2.24) is 10.2 Å². The summed E-state index contributed by atoms with van der Waals surface area (Å²) in [6, 6.07) is 32.1. The Labute approximate surface area is 191 Å². The highest BCUT2D eigenvalue weighted by Gasteiger charge is 2.47. The average Bonchev–Trinajstić information content (AvgIpc) is 3.27. The summed E-state index contributed by atoms with van der Waals surface area (Å²) in [4.78, 5) is 16.3. The fourth-order valence-electron chi connectivity index (χ4n) is 5.76. The number of likely N-dealkylation sites (tertiary alicyclic amines) is 1. The van der Waals surface area contributed by atoms with Gasteiger partial charge in [-0.3, -0.25) is 4.79 Å². The lowest BCUT2D eigenvalue weighted by molar-refractivity contribution is -0.140. The second kappa shape index (κ2) is 8.91. The van der Waals surface area contributed by atoms with Crippen LogP contribution in [0.2, 0.25) is 0 Å². The van der Waals surface area contributed by atoms with Gasteiger partial charge in [0.25, 0.3) is 0 Å². The van der Waals surface area contributed by atoms with Crippen LogP contribution in [0.3, 0.4) is 0 Å². The summed E-state index contributed by atoms with van der Waals surface area (Å²) in [6.45, 7) is 4.63. The normalized spacial score (nSPS) is 27.9. The maximum atomic E-state index is 14.1. The van der Waals surface area contributed by atoms with Crippen molar-refractivity contribution < 1.29 is 4.79 Å². The Balaban J connectivity index is 1.45. The van der Waals surface area contributed by atoms with Gasteiger partial charge < -0.3 is 10.2 Å². The first-order valence-electron chi connectivity index (χ1n) is 11.8. The van der Waals surface area contributed by atoms with Crippen LogP contribution in [0.5, 0.6) is 0 Å². The van der Waals surface area contributed by atoms with Crippen molar-refractivity contribution in [1.29, 1.82) is 0 Å². The Morgan fingerprint density at radius 1 is 0.875 bits per heavy atom. The minimum Gasteiger partial charge on any atom is -0.335 e. The molecule has 0 aromatic heterocycles. The van der Waals surface area contributed by atoms with Crippen molar-refractivity contribution in [2.75, 3.05) is 19.6 Å².